The Morgan fingerprint density at radius 3 is 2.95 bits per heavy atom. The van der Waals surface area contributed by atoms with E-state index in [4.69, 9.17) is 5.73 Å². The first-order chi connectivity index (χ1) is 9.65. The standard InChI is InChI=1S/C15H20N4O/c1-18(11-13-4-2-7-17-10-13)8-3-9-19-12-14(16)5-6-15(19)20/h2,4-7,10,12H,3,8-9,11,16H2,1H3. The molecule has 0 fully saturated rings. The highest BCUT2D eigenvalue weighted by Gasteiger charge is 2.01. The number of aromatic nitrogens is 2. The highest BCUT2D eigenvalue weighted by Crippen LogP contribution is 2.02. The normalized spacial score (nSPS) is 10.9. The predicted octanol–water partition coefficient (Wildman–Crippen LogP) is 1.35. The molecule has 0 atom stereocenters. The first-order valence-electron chi connectivity index (χ1n) is 6.68. The van der Waals surface area contributed by atoms with Gasteiger partial charge in [0.25, 0.3) is 5.56 Å². The number of pyridine rings is 2. The molecule has 2 aromatic rings. The van der Waals surface area contributed by atoms with E-state index < -0.39 is 0 Å². The molecule has 0 aromatic carbocycles. The Bertz CT molecular complexity index is 594. The zero-order valence-electron chi connectivity index (χ0n) is 11.7. The molecule has 0 saturated carbocycles. The van der Waals surface area contributed by atoms with Crippen LogP contribution in [0.3, 0.4) is 0 Å². The van der Waals surface area contributed by atoms with Crippen molar-refractivity contribution >= 4 is 5.69 Å². The van der Waals surface area contributed by atoms with Crippen LogP contribution in [0, 0.1) is 0 Å². The molecule has 2 rings (SSSR count). The number of hydrogen-bond donors (Lipinski definition) is 1. The summed E-state index contributed by atoms with van der Waals surface area (Å²) in [5.74, 6) is 0. The molecular formula is C15H20N4O. The van der Waals surface area contributed by atoms with Crippen LogP contribution in [0.15, 0.2) is 47.7 Å². The molecule has 0 bridgehead atoms. The smallest absolute Gasteiger partial charge is 0.250 e. The molecule has 20 heavy (non-hydrogen) atoms. The van der Waals surface area contributed by atoms with Crippen LogP contribution in [0.2, 0.25) is 0 Å². The van der Waals surface area contributed by atoms with Gasteiger partial charge in [0, 0.05) is 43.4 Å². The number of nitrogen functional groups attached to an aromatic ring is 1. The predicted molar refractivity (Wildman–Crippen MR) is 80.3 cm³/mol. The molecule has 5 heteroatoms. The molecule has 0 unspecified atom stereocenters. The summed E-state index contributed by atoms with van der Waals surface area (Å²) in [4.78, 5) is 17.9. The van der Waals surface area contributed by atoms with Gasteiger partial charge in [-0.15, -0.1) is 0 Å². The summed E-state index contributed by atoms with van der Waals surface area (Å²) in [6.45, 7) is 2.46. The maximum absolute atomic E-state index is 11.6. The largest absolute Gasteiger partial charge is 0.398 e. The van der Waals surface area contributed by atoms with Gasteiger partial charge in [-0.2, -0.15) is 0 Å². The maximum Gasteiger partial charge on any atom is 0.250 e. The van der Waals surface area contributed by atoms with Crippen molar-refractivity contribution in [2.45, 2.75) is 19.5 Å². The number of nitrogens with zero attached hydrogens (tertiary/aromatic N) is 3. The van der Waals surface area contributed by atoms with Crippen molar-refractivity contribution < 1.29 is 0 Å². The molecule has 106 valence electrons. The van der Waals surface area contributed by atoms with E-state index >= 15 is 0 Å². The molecule has 2 N–H and O–H groups in total. The summed E-state index contributed by atoms with van der Waals surface area (Å²) in [6, 6.07) is 7.14. The Morgan fingerprint density at radius 1 is 1.35 bits per heavy atom. The number of aryl methyl sites for hydroxylation is 1. The molecule has 0 aliphatic rings. The van der Waals surface area contributed by atoms with Crippen LogP contribution in [-0.2, 0) is 13.1 Å². The fraction of sp³-hybridized carbons (Fsp3) is 0.333. The van der Waals surface area contributed by atoms with Crippen molar-refractivity contribution in [3.05, 3.63) is 58.8 Å². The molecule has 2 aromatic heterocycles. The second-order valence-corrected chi connectivity index (χ2v) is 4.95. The Labute approximate surface area is 118 Å². The van der Waals surface area contributed by atoms with Crippen molar-refractivity contribution in [2.75, 3.05) is 19.3 Å². The van der Waals surface area contributed by atoms with Crippen LogP contribution < -0.4 is 11.3 Å². The Kier molecular flexibility index (Phi) is 4.90. The van der Waals surface area contributed by atoms with Gasteiger partial charge in [-0.05, 0) is 37.7 Å². The van der Waals surface area contributed by atoms with Gasteiger partial charge in [0.2, 0.25) is 0 Å². The van der Waals surface area contributed by atoms with Crippen LogP contribution in [-0.4, -0.2) is 28.0 Å². The van der Waals surface area contributed by atoms with Crippen LogP contribution in [0.5, 0.6) is 0 Å². The lowest BCUT2D eigenvalue weighted by molar-refractivity contribution is 0.313. The van der Waals surface area contributed by atoms with Crippen molar-refractivity contribution in [1.29, 1.82) is 0 Å². The number of rotatable bonds is 6. The summed E-state index contributed by atoms with van der Waals surface area (Å²) in [7, 11) is 2.06. The highest BCUT2D eigenvalue weighted by atomic mass is 16.1. The molecular weight excluding hydrogens is 252 g/mol. The van der Waals surface area contributed by atoms with Gasteiger partial charge in [0.1, 0.15) is 0 Å². The van der Waals surface area contributed by atoms with Crippen LogP contribution >= 0.6 is 0 Å². The van der Waals surface area contributed by atoms with E-state index in [0.29, 0.717) is 12.2 Å². The SMILES string of the molecule is CN(CCCn1cc(N)ccc1=O)Cc1cccnc1. The Morgan fingerprint density at radius 2 is 2.20 bits per heavy atom. The minimum atomic E-state index is -0.00545. The number of nitrogens with two attached hydrogens (primary N) is 1. The Balaban J connectivity index is 1.81. The zero-order chi connectivity index (χ0) is 14.4. The van der Waals surface area contributed by atoms with Gasteiger partial charge in [0.15, 0.2) is 0 Å². The van der Waals surface area contributed by atoms with Crippen LogP contribution in [0.4, 0.5) is 5.69 Å². The van der Waals surface area contributed by atoms with Crippen molar-refractivity contribution in [1.82, 2.24) is 14.5 Å². The lowest BCUT2D eigenvalue weighted by Gasteiger charge is -2.16. The highest BCUT2D eigenvalue weighted by molar-refractivity contribution is 5.33. The third-order valence-corrected chi connectivity index (χ3v) is 3.12. The third-order valence-electron chi connectivity index (χ3n) is 3.12. The molecule has 0 aliphatic carbocycles. The molecule has 5 nitrogen and oxygen atoms in total. The minimum Gasteiger partial charge on any atom is -0.398 e. The van der Waals surface area contributed by atoms with E-state index in [1.54, 1.807) is 23.0 Å². The first kappa shape index (κ1) is 14.3. The summed E-state index contributed by atoms with van der Waals surface area (Å²) in [5, 5.41) is 0. The summed E-state index contributed by atoms with van der Waals surface area (Å²) in [6.07, 6.45) is 6.25. The molecule has 2 heterocycles. The lowest BCUT2D eigenvalue weighted by atomic mass is 10.2. The second-order valence-electron chi connectivity index (χ2n) is 4.95. The van der Waals surface area contributed by atoms with Gasteiger partial charge in [-0.25, -0.2) is 0 Å². The van der Waals surface area contributed by atoms with Gasteiger partial charge in [0.05, 0.1) is 0 Å². The van der Waals surface area contributed by atoms with Gasteiger partial charge < -0.3 is 15.2 Å². The summed E-state index contributed by atoms with van der Waals surface area (Å²) >= 11 is 0. The Hall–Kier alpha value is -2.14. The molecule has 0 saturated heterocycles. The molecule has 0 amide bonds. The fourth-order valence-electron chi connectivity index (χ4n) is 2.12. The van der Waals surface area contributed by atoms with E-state index in [2.05, 4.69) is 23.0 Å². The number of hydrogen-bond acceptors (Lipinski definition) is 4. The monoisotopic (exact) mass is 272 g/mol. The molecule has 0 aliphatic heterocycles. The average molecular weight is 272 g/mol. The maximum atomic E-state index is 11.6. The van der Waals surface area contributed by atoms with Crippen molar-refractivity contribution in [3.8, 4) is 0 Å². The quantitative estimate of drug-likeness (QED) is 0.862. The topological polar surface area (TPSA) is 64.2 Å². The van der Waals surface area contributed by atoms with Gasteiger partial charge >= 0.3 is 0 Å². The van der Waals surface area contributed by atoms with E-state index in [-0.39, 0.29) is 5.56 Å². The van der Waals surface area contributed by atoms with E-state index in [9.17, 15) is 4.79 Å². The minimum absolute atomic E-state index is 0.00545. The zero-order valence-corrected chi connectivity index (χ0v) is 11.7. The first-order valence-corrected chi connectivity index (χ1v) is 6.68. The van der Waals surface area contributed by atoms with E-state index in [1.165, 1.54) is 11.6 Å². The van der Waals surface area contributed by atoms with Crippen LogP contribution in [0.1, 0.15) is 12.0 Å². The third kappa shape index (κ3) is 4.20. The molecule has 0 spiro atoms. The summed E-state index contributed by atoms with van der Waals surface area (Å²) < 4.78 is 1.66. The van der Waals surface area contributed by atoms with Crippen LogP contribution in [0.25, 0.3) is 0 Å². The van der Waals surface area contributed by atoms with Gasteiger partial charge in [-0.3, -0.25) is 9.78 Å². The van der Waals surface area contributed by atoms with Crippen molar-refractivity contribution in [2.24, 2.45) is 0 Å². The lowest BCUT2D eigenvalue weighted by Crippen LogP contribution is -2.24. The summed E-state index contributed by atoms with van der Waals surface area (Å²) in [5.41, 5.74) is 7.49. The van der Waals surface area contributed by atoms with Crippen molar-refractivity contribution in [3.63, 3.8) is 0 Å². The van der Waals surface area contributed by atoms with E-state index in [0.717, 1.165) is 19.5 Å². The molecule has 0 radical (unpaired) electrons. The fourth-order valence-corrected chi connectivity index (χ4v) is 2.12. The van der Waals surface area contributed by atoms with E-state index in [1.807, 2.05) is 12.3 Å². The number of anilines is 1. The van der Waals surface area contributed by atoms with Gasteiger partial charge in [-0.1, -0.05) is 6.07 Å². The average Bonchev–Trinajstić information content (AvgIpc) is 2.44. The second kappa shape index (κ2) is 6.86.